The summed E-state index contributed by atoms with van der Waals surface area (Å²) in [5, 5.41) is 5.70. The minimum atomic E-state index is -0.0622. The lowest BCUT2D eigenvalue weighted by molar-refractivity contribution is -0.126. The Morgan fingerprint density at radius 3 is 2.43 bits per heavy atom. The van der Waals surface area contributed by atoms with Crippen molar-refractivity contribution < 1.29 is 14.3 Å². The van der Waals surface area contributed by atoms with Crippen LogP contribution in [0.15, 0.2) is 30.3 Å². The van der Waals surface area contributed by atoms with Gasteiger partial charge in [-0.05, 0) is 25.0 Å². The second-order valence-electron chi connectivity index (χ2n) is 5.89. The minimum Gasteiger partial charge on any atom is -0.493 e. The smallest absolute Gasteiger partial charge is 0.223 e. The summed E-state index contributed by atoms with van der Waals surface area (Å²) in [6, 6.07) is 9.42. The predicted octanol–water partition coefficient (Wildman–Crippen LogP) is 2.27. The van der Waals surface area contributed by atoms with Crippen molar-refractivity contribution in [1.29, 1.82) is 0 Å². The molecule has 0 atom stereocenters. The molecule has 1 saturated carbocycles. The molecule has 0 bridgehead atoms. The molecule has 2 amide bonds. The highest BCUT2D eigenvalue weighted by Crippen LogP contribution is 2.23. The van der Waals surface area contributed by atoms with Crippen molar-refractivity contribution in [3.63, 3.8) is 0 Å². The maximum Gasteiger partial charge on any atom is 0.223 e. The molecule has 23 heavy (non-hydrogen) atoms. The average molecular weight is 318 g/mol. The van der Waals surface area contributed by atoms with Gasteiger partial charge in [0.1, 0.15) is 5.75 Å². The van der Waals surface area contributed by atoms with Gasteiger partial charge in [0.05, 0.1) is 13.0 Å². The first-order valence-electron chi connectivity index (χ1n) is 8.48. The van der Waals surface area contributed by atoms with E-state index in [2.05, 4.69) is 10.6 Å². The second kappa shape index (κ2) is 9.87. The number of benzene rings is 1. The van der Waals surface area contributed by atoms with Crippen molar-refractivity contribution in [2.24, 2.45) is 5.92 Å². The molecule has 1 aromatic carbocycles. The Hall–Kier alpha value is -2.04. The van der Waals surface area contributed by atoms with Crippen LogP contribution in [-0.2, 0) is 9.59 Å². The molecule has 0 aromatic heterocycles. The van der Waals surface area contributed by atoms with Gasteiger partial charge in [0.25, 0.3) is 0 Å². The summed E-state index contributed by atoms with van der Waals surface area (Å²) in [5.74, 6) is 0.998. The van der Waals surface area contributed by atoms with Crippen molar-refractivity contribution in [2.45, 2.75) is 38.5 Å². The highest BCUT2D eigenvalue weighted by molar-refractivity contribution is 5.79. The van der Waals surface area contributed by atoms with E-state index in [9.17, 15) is 9.59 Å². The molecular weight excluding hydrogens is 292 g/mol. The van der Waals surface area contributed by atoms with E-state index in [-0.39, 0.29) is 17.7 Å². The number of rotatable bonds is 8. The second-order valence-corrected chi connectivity index (χ2v) is 5.89. The van der Waals surface area contributed by atoms with Gasteiger partial charge < -0.3 is 15.4 Å². The van der Waals surface area contributed by atoms with Gasteiger partial charge in [-0.15, -0.1) is 0 Å². The average Bonchev–Trinajstić information content (AvgIpc) is 2.60. The minimum absolute atomic E-state index is 0.0622. The van der Waals surface area contributed by atoms with Gasteiger partial charge in [-0.1, -0.05) is 37.5 Å². The molecule has 126 valence electrons. The number of carbonyl (C=O) groups is 2. The summed E-state index contributed by atoms with van der Waals surface area (Å²) in [6.45, 7) is 1.30. The number of amides is 2. The first-order chi connectivity index (χ1) is 11.3. The van der Waals surface area contributed by atoms with Crippen molar-refractivity contribution in [3.8, 4) is 5.75 Å². The van der Waals surface area contributed by atoms with Crippen molar-refractivity contribution in [2.75, 3.05) is 19.7 Å². The van der Waals surface area contributed by atoms with E-state index in [0.29, 0.717) is 26.1 Å². The topological polar surface area (TPSA) is 67.4 Å². The summed E-state index contributed by atoms with van der Waals surface area (Å²) in [6.07, 6.45) is 5.84. The van der Waals surface area contributed by atoms with Gasteiger partial charge in [0.2, 0.25) is 11.8 Å². The largest absolute Gasteiger partial charge is 0.493 e. The number of nitrogens with one attached hydrogen (secondary N) is 2. The van der Waals surface area contributed by atoms with E-state index >= 15 is 0 Å². The lowest BCUT2D eigenvalue weighted by Gasteiger charge is -2.20. The molecule has 5 nitrogen and oxygen atoms in total. The third-order valence-electron chi connectivity index (χ3n) is 4.06. The Kier molecular flexibility index (Phi) is 7.43. The van der Waals surface area contributed by atoms with Gasteiger partial charge in [0, 0.05) is 19.0 Å². The molecule has 1 aromatic rings. The first-order valence-corrected chi connectivity index (χ1v) is 8.48. The van der Waals surface area contributed by atoms with Gasteiger partial charge in [-0.2, -0.15) is 0 Å². The third-order valence-corrected chi connectivity index (χ3v) is 4.06. The van der Waals surface area contributed by atoms with E-state index in [0.717, 1.165) is 31.4 Å². The normalized spacial score (nSPS) is 15.0. The summed E-state index contributed by atoms with van der Waals surface area (Å²) in [5.41, 5.74) is 0. The van der Waals surface area contributed by atoms with Gasteiger partial charge in [0.15, 0.2) is 0 Å². The van der Waals surface area contributed by atoms with E-state index in [4.69, 9.17) is 4.74 Å². The highest BCUT2D eigenvalue weighted by Gasteiger charge is 2.20. The summed E-state index contributed by atoms with van der Waals surface area (Å²) in [7, 11) is 0. The van der Waals surface area contributed by atoms with Gasteiger partial charge in [-0.25, -0.2) is 0 Å². The lowest BCUT2D eigenvalue weighted by atomic mass is 9.89. The maximum atomic E-state index is 11.9. The molecule has 2 rings (SSSR count). The van der Waals surface area contributed by atoms with Crippen molar-refractivity contribution >= 4 is 11.8 Å². The molecule has 0 radical (unpaired) electrons. The molecule has 0 spiro atoms. The Morgan fingerprint density at radius 1 is 1.00 bits per heavy atom. The number of carbonyl (C=O) groups excluding carboxylic acids is 2. The summed E-state index contributed by atoms with van der Waals surface area (Å²) in [4.78, 5) is 23.6. The van der Waals surface area contributed by atoms with Crippen LogP contribution >= 0.6 is 0 Å². The monoisotopic (exact) mass is 318 g/mol. The number of hydrogen-bond acceptors (Lipinski definition) is 3. The molecule has 0 saturated heterocycles. The molecule has 1 fully saturated rings. The van der Waals surface area contributed by atoms with Gasteiger partial charge >= 0.3 is 0 Å². The molecule has 0 heterocycles. The Bertz CT molecular complexity index is 484. The number of ether oxygens (including phenoxy) is 1. The Balaban J connectivity index is 1.50. The third kappa shape index (κ3) is 6.72. The van der Waals surface area contributed by atoms with Crippen LogP contribution < -0.4 is 15.4 Å². The molecule has 2 N–H and O–H groups in total. The zero-order valence-electron chi connectivity index (χ0n) is 13.6. The van der Waals surface area contributed by atoms with Crippen LogP contribution in [-0.4, -0.2) is 31.5 Å². The van der Waals surface area contributed by atoms with Crippen molar-refractivity contribution in [3.05, 3.63) is 30.3 Å². The number of hydrogen-bond donors (Lipinski definition) is 2. The number of para-hydroxylation sites is 1. The molecule has 0 unspecified atom stereocenters. The van der Waals surface area contributed by atoms with E-state index in [1.165, 1.54) is 6.42 Å². The molecule has 0 aliphatic heterocycles. The zero-order valence-corrected chi connectivity index (χ0v) is 13.6. The molecule has 1 aliphatic rings. The fraction of sp³-hybridized carbons (Fsp3) is 0.556. The highest BCUT2D eigenvalue weighted by atomic mass is 16.5. The van der Waals surface area contributed by atoms with Crippen LogP contribution in [0.5, 0.6) is 5.75 Å². The summed E-state index contributed by atoms with van der Waals surface area (Å²) < 4.78 is 5.47. The van der Waals surface area contributed by atoms with Crippen LogP contribution in [0.3, 0.4) is 0 Å². The lowest BCUT2D eigenvalue weighted by Crippen LogP contribution is -2.38. The predicted molar refractivity (Wildman–Crippen MR) is 89.1 cm³/mol. The van der Waals surface area contributed by atoms with E-state index in [1.54, 1.807) is 0 Å². The quantitative estimate of drug-likeness (QED) is 0.723. The zero-order chi connectivity index (χ0) is 16.3. The van der Waals surface area contributed by atoms with Crippen molar-refractivity contribution in [1.82, 2.24) is 10.6 Å². The molecule has 5 heteroatoms. The Morgan fingerprint density at radius 2 is 1.70 bits per heavy atom. The molecular formula is C18H26N2O3. The van der Waals surface area contributed by atoms with Crippen LogP contribution in [0, 0.1) is 5.92 Å². The van der Waals surface area contributed by atoms with E-state index < -0.39 is 0 Å². The molecule has 1 aliphatic carbocycles. The van der Waals surface area contributed by atoms with Crippen LogP contribution in [0.25, 0.3) is 0 Å². The fourth-order valence-corrected chi connectivity index (χ4v) is 2.76. The maximum absolute atomic E-state index is 11.9. The van der Waals surface area contributed by atoms with Crippen LogP contribution in [0.1, 0.15) is 38.5 Å². The summed E-state index contributed by atoms with van der Waals surface area (Å²) >= 11 is 0. The SMILES string of the molecule is O=C(CCOc1ccccc1)NCCNC(=O)C1CCCCC1. The van der Waals surface area contributed by atoms with Crippen LogP contribution in [0.2, 0.25) is 0 Å². The first kappa shape index (κ1) is 17.3. The van der Waals surface area contributed by atoms with E-state index in [1.807, 2.05) is 30.3 Å². The van der Waals surface area contributed by atoms with Gasteiger partial charge in [-0.3, -0.25) is 9.59 Å². The fourth-order valence-electron chi connectivity index (χ4n) is 2.76. The van der Waals surface area contributed by atoms with Crippen LogP contribution in [0.4, 0.5) is 0 Å². The Labute approximate surface area is 137 Å². The standard InChI is InChI=1S/C18H26N2O3/c21-17(11-14-23-16-9-5-2-6-10-16)19-12-13-20-18(22)15-7-3-1-4-8-15/h2,5-6,9-10,15H,1,3-4,7-8,11-14H2,(H,19,21)(H,20,22).